The molecule has 0 aliphatic rings. The van der Waals surface area contributed by atoms with Crippen molar-refractivity contribution < 1.29 is 9.18 Å². The average Bonchev–Trinajstić information content (AvgIpc) is 2.81. The number of hydrogen-bond donors (Lipinski definition) is 1. The average molecular weight is 462 g/mol. The molecular weight excluding hydrogens is 441 g/mol. The molecule has 1 N–H and O–H groups in total. The second-order valence-corrected chi connectivity index (χ2v) is 9.01. The molecule has 0 radical (unpaired) electrons. The van der Waals surface area contributed by atoms with Crippen molar-refractivity contribution in [2.45, 2.75) is 27.6 Å². The van der Waals surface area contributed by atoms with Gasteiger partial charge in [0.15, 0.2) is 5.16 Å². The van der Waals surface area contributed by atoms with Crippen molar-refractivity contribution >= 4 is 35.1 Å². The van der Waals surface area contributed by atoms with Crippen molar-refractivity contribution in [2.24, 2.45) is 0 Å². The summed E-state index contributed by atoms with van der Waals surface area (Å²) in [5.41, 5.74) is 3.18. The van der Waals surface area contributed by atoms with Gasteiger partial charge in [0.1, 0.15) is 11.5 Å². The van der Waals surface area contributed by atoms with E-state index in [0.29, 0.717) is 21.5 Å². The third kappa shape index (κ3) is 5.75. The van der Waals surface area contributed by atoms with E-state index in [2.05, 4.69) is 34.3 Å². The first-order valence-electron chi connectivity index (χ1n) is 9.92. The SMILES string of the molecule is Cc1ccccc1CSc1ncc(Sc2ccccc2)c(C(=O)Nc2ccc(F)cc2)n1. The predicted molar refractivity (Wildman–Crippen MR) is 128 cm³/mol. The van der Waals surface area contributed by atoms with E-state index >= 15 is 0 Å². The summed E-state index contributed by atoms with van der Waals surface area (Å²) in [6, 6.07) is 23.5. The third-order valence-electron chi connectivity index (χ3n) is 4.64. The summed E-state index contributed by atoms with van der Waals surface area (Å²) < 4.78 is 13.2. The summed E-state index contributed by atoms with van der Waals surface area (Å²) in [7, 11) is 0. The van der Waals surface area contributed by atoms with Crippen LogP contribution in [0.1, 0.15) is 21.6 Å². The van der Waals surface area contributed by atoms with Gasteiger partial charge in [0.05, 0.1) is 4.90 Å². The number of anilines is 1. The quantitative estimate of drug-likeness (QED) is 0.248. The van der Waals surface area contributed by atoms with Crippen molar-refractivity contribution in [3.05, 3.63) is 108 Å². The predicted octanol–water partition coefficient (Wildman–Crippen LogP) is 6.62. The number of thioether (sulfide) groups is 1. The van der Waals surface area contributed by atoms with Gasteiger partial charge in [-0.3, -0.25) is 4.79 Å². The Balaban J connectivity index is 1.60. The van der Waals surface area contributed by atoms with Crippen molar-refractivity contribution in [3.8, 4) is 0 Å². The molecule has 1 aromatic heterocycles. The smallest absolute Gasteiger partial charge is 0.275 e. The molecule has 0 spiro atoms. The van der Waals surface area contributed by atoms with E-state index in [1.807, 2.05) is 42.5 Å². The minimum Gasteiger partial charge on any atom is -0.321 e. The molecule has 0 saturated heterocycles. The summed E-state index contributed by atoms with van der Waals surface area (Å²) in [5.74, 6) is -0.0212. The molecule has 3 aromatic carbocycles. The first-order valence-corrected chi connectivity index (χ1v) is 11.7. The Morgan fingerprint density at radius 3 is 2.44 bits per heavy atom. The van der Waals surface area contributed by atoms with Crippen LogP contribution in [0.2, 0.25) is 0 Å². The maximum Gasteiger partial charge on any atom is 0.275 e. The number of amides is 1. The Labute approximate surface area is 194 Å². The first kappa shape index (κ1) is 22.0. The molecule has 0 saturated carbocycles. The summed E-state index contributed by atoms with van der Waals surface area (Å²) in [6.45, 7) is 2.07. The standard InChI is InChI=1S/C25H20FN3OS2/c1-17-7-5-6-8-18(17)16-31-25-27-15-22(32-21-9-3-2-4-10-21)23(29-25)24(30)28-20-13-11-19(26)12-14-20/h2-15H,16H2,1H3,(H,28,30). The molecule has 4 aromatic rings. The van der Waals surface area contributed by atoms with Gasteiger partial charge in [-0.1, -0.05) is 66.0 Å². The van der Waals surface area contributed by atoms with Crippen molar-refractivity contribution in [3.63, 3.8) is 0 Å². The number of nitrogens with zero attached hydrogens (tertiary/aromatic N) is 2. The van der Waals surface area contributed by atoms with E-state index in [1.54, 1.807) is 6.20 Å². The molecule has 0 unspecified atom stereocenters. The summed E-state index contributed by atoms with van der Waals surface area (Å²) in [4.78, 5) is 23.8. The van der Waals surface area contributed by atoms with Crippen LogP contribution >= 0.6 is 23.5 Å². The third-order valence-corrected chi connectivity index (χ3v) is 6.58. The maximum absolute atomic E-state index is 13.2. The number of hydrogen-bond acceptors (Lipinski definition) is 5. The normalized spacial score (nSPS) is 10.7. The van der Waals surface area contributed by atoms with Crippen LogP contribution in [0.15, 0.2) is 100 Å². The fraction of sp³-hybridized carbons (Fsp3) is 0.0800. The molecule has 0 atom stereocenters. The van der Waals surface area contributed by atoms with Gasteiger partial charge in [0, 0.05) is 22.5 Å². The Morgan fingerprint density at radius 1 is 0.969 bits per heavy atom. The van der Waals surface area contributed by atoms with Gasteiger partial charge in [0.25, 0.3) is 5.91 Å². The minimum atomic E-state index is -0.366. The van der Waals surface area contributed by atoms with Crippen LogP contribution in [0.3, 0.4) is 0 Å². The topological polar surface area (TPSA) is 54.9 Å². The molecular formula is C25H20FN3OS2. The van der Waals surface area contributed by atoms with Crippen LogP contribution in [0.4, 0.5) is 10.1 Å². The van der Waals surface area contributed by atoms with Gasteiger partial charge in [0.2, 0.25) is 0 Å². The van der Waals surface area contributed by atoms with Gasteiger partial charge in [-0.15, -0.1) is 0 Å². The van der Waals surface area contributed by atoms with Crippen molar-refractivity contribution in [2.75, 3.05) is 5.32 Å². The van der Waals surface area contributed by atoms with E-state index in [9.17, 15) is 9.18 Å². The number of benzene rings is 3. The molecule has 0 aliphatic carbocycles. The van der Waals surface area contributed by atoms with E-state index < -0.39 is 0 Å². The van der Waals surface area contributed by atoms with E-state index in [4.69, 9.17) is 0 Å². The molecule has 0 aliphatic heterocycles. The van der Waals surface area contributed by atoms with E-state index in [-0.39, 0.29) is 17.4 Å². The lowest BCUT2D eigenvalue weighted by Gasteiger charge is -2.11. The fourth-order valence-corrected chi connectivity index (χ4v) is 4.69. The molecule has 1 amide bonds. The summed E-state index contributed by atoms with van der Waals surface area (Å²) in [5, 5.41) is 3.33. The first-order chi connectivity index (χ1) is 15.6. The highest BCUT2D eigenvalue weighted by Crippen LogP contribution is 2.31. The molecule has 32 heavy (non-hydrogen) atoms. The van der Waals surface area contributed by atoms with Crippen LogP contribution in [0, 0.1) is 12.7 Å². The lowest BCUT2D eigenvalue weighted by Crippen LogP contribution is -2.16. The molecule has 1 heterocycles. The van der Waals surface area contributed by atoms with Gasteiger partial charge in [-0.2, -0.15) is 0 Å². The second-order valence-electron chi connectivity index (χ2n) is 6.96. The number of aryl methyl sites for hydroxylation is 1. The number of nitrogens with one attached hydrogen (secondary N) is 1. The highest BCUT2D eigenvalue weighted by atomic mass is 32.2. The highest BCUT2D eigenvalue weighted by Gasteiger charge is 2.17. The van der Waals surface area contributed by atoms with Crippen LogP contribution in [-0.2, 0) is 5.75 Å². The van der Waals surface area contributed by atoms with Gasteiger partial charge in [-0.25, -0.2) is 14.4 Å². The largest absolute Gasteiger partial charge is 0.321 e. The molecule has 4 rings (SSSR count). The fourth-order valence-electron chi connectivity index (χ4n) is 2.91. The van der Waals surface area contributed by atoms with E-state index in [1.165, 1.54) is 58.9 Å². The Morgan fingerprint density at radius 2 is 1.69 bits per heavy atom. The highest BCUT2D eigenvalue weighted by molar-refractivity contribution is 7.99. The molecule has 7 heteroatoms. The van der Waals surface area contributed by atoms with Crippen molar-refractivity contribution in [1.29, 1.82) is 0 Å². The maximum atomic E-state index is 13.2. The molecule has 0 fully saturated rings. The van der Waals surface area contributed by atoms with E-state index in [0.717, 1.165) is 4.90 Å². The lowest BCUT2D eigenvalue weighted by atomic mass is 10.1. The lowest BCUT2D eigenvalue weighted by molar-refractivity contribution is 0.101. The van der Waals surface area contributed by atoms with Crippen LogP contribution in [-0.4, -0.2) is 15.9 Å². The zero-order valence-corrected chi connectivity index (χ0v) is 18.9. The number of carbonyl (C=O) groups is 1. The summed E-state index contributed by atoms with van der Waals surface area (Å²) in [6.07, 6.45) is 1.68. The van der Waals surface area contributed by atoms with Crippen LogP contribution in [0.5, 0.6) is 0 Å². The zero-order valence-electron chi connectivity index (χ0n) is 17.3. The number of aromatic nitrogens is 2. The minimum absolute atomic E-state index is 0.283. The Bertz CT molecular complexity index is 1220. The Hall–Kier alpha value is -3.16. The van der Waals surface area contributed by atoms with Gasteiger partial charge < -0.3 is 5.32 Å². The van der Waals surface area contributed by atoms with Gasteiger partial charge in [-0.05, 0) is 54.4 Å². The Kier molecular flexibility index (Phi) is 7.19. The molecule has 160 valence electrons. The summed E-state index contributed by atoms with van der Waals surface area (Å²) >= 11 is 2.91. The molecule has 4 nitrogen and oxygen atoms in total. The molecule has 0 bridgehead atoms. The van der Waals surface area contributed by atoms with Gasteiger partial charge >= 0.3 is 0 Å². The van der Waals surface area contributed by atoms with Crippen LogP contribution < -0.4 is 5.32 Å². The monoisotopic (exact) mass is 461 g/mol. The van der Waals surface area contributed by atoms with Crippen molar-refractivity contribution in [1.82, 2.24) is 9.97 Å². The number of carbonyl (C=O) groups excluding carboxylic acids is 1. The number of rotatable bonds is 7. The van der Waals surface area contributed by atoms with Crippen LogP contribution in [0.25, 0.3) is 0 Å². The number of halogens is 1. The zero-order chi connectivity index (χ0) is 22.3. The second kappa shape index (κ2) is 10.4.